The number of pyridine rings is 1. The van der Waals surface area contributed by atoms with E-state index < -0.39 is 17.3 Å². The highest BCUT2D eigenvalue weighted by Gasteiger charge is 2.31. The van der Waals surface area contributed by atoms with Crippen molar-refractivity contribution in [2.24, 2.45) is 0 Å². The number of alkyl halides is 3. The molecule has 118 valence electrons. The van der Waals surface area contributed by atoms with Gasteiger partial charge in [0, 0.05) is 12.3 Å². The summed E-state index contributed by atoms with van der Waals surface area (Å²) in [6, 6.07) is 8.88. The molecule has 2 heterocycles. The van der Waals surface area contributed by atoms with E-state index in [2.05, 4.69) is 9.97 Å². The van der Waals surface area contributed by atoms with Gasteiger partial charge < -0.3 is 4.57 Å². The third kappa shape index (κ3) is 3.08. The minimum atomic E-state index is -4.50. The largest absolute Gasteiger partial charge is 0.417 e. The summed E-state index contributed by atoms with van der Waals surface area (Å²) in [6.07, 6.45) is -3.70. The zero-order chi connectivity index (χ0) is 16.6. The Bertz CT molecular complexity index is 932. The number of nitrogens with zero attached hydrogens (tertiary/aromatic N) is 3. The van der Waals surface area contributed by atoms with Gasteiger partial charge in [0.15, 0.2) is 0 Å². The van der Waals surface area contributed by atoms with Crippen LogP contribution in [0.2, 0.25) is 0 Å². The molecule has 0 saturated heterocycles. The monoisotopic (exact) mass is 319 g/mol. The molecule has 0 aliphatic heterocycles. The lowest BCUT2D eigenvalue weighted by Crippen LogP contribution is -2.23. The molecular formula is C16H12F3N3O. The van der Waals surface area contributed by atoms with Gasteiger partial charge in [-0.1, -0.05) is 12.1 Å². The van der Waals surface area contributed by atoms with E-state index in [-0.39, 0.29) is 6.54 Å². The molecule has 2 aromatic heterocycles. The summed E-state index contributed by atoms with van der Waals surface area (Å²) in [5.41, 5.74) is 0.979. The summed E-state index contributed by atoms with van der Waals surface area (Å²) in [4.78, 5) is 20.6. The Kier molecular flexibility index (Phi) is 3.63. The van der Waals surface area contributed by atoms with E-state index in [0.29, 0.717) is 22.4 Å². The van der Waals surface area contributed by atoms with E-state index in [1.54, 1.807) is 25.1 Å². The Morgan fingerprint density at radius 3 is 2.35 bits per heavy atom. The average Bonchev–Trinajstić information content (AvgIpc) is 2.49. The van der Waals surface area contributed by atoms with Crippen molar-refractivity contribution in [1.82, 2.24) is 14.5 Å². The van der Waals surface area contributed by atoms with Crippen molar-refractivity contribution in [2.45, 2.75) is 19.6 Å². The van der Waals surface area contributed by atoms with E-state index in [4.69, 9.17) is 0 Å². The summed E-state index contributed by atoms with van der Waals surface area (Å²) >= 11 is 0. The maximum Gasteiger partial charge on any atom is 0.417 e. The first-order valence-corrected chi connectivity index (χ1v) is 6.84. The van der Waals surface area contributed by atoms with Crippen LogP contribution < -0.4 is 5.56 Å². The number of hydrogen-bond donors (Lipinski definition) is 0. The molecule has 0 atom stereocenters. The molecule has 0 unspecified atom stereocenters. The molecule has 0 bridgehead atoms. The van der Waals surface area contributed by atoms with Crippen LogP contribution in [0.4, 0.5) is 13.2 Å². The van der Waals surface area contributed by atoms with Crippen LogP contribution in [0.1, 0.15) is 17.0 Å². The van der Waals surface area contributed by atoms with Gasteiger partial charge in [-0.25, -0.2) is 9.97 Å². The predicted molar refractivity (Wildman–Crippen MR) is 79.1 cm³/mol. The number of fused-ring (bicyclic) bond motifs is 1. The summed E-state index contributed by atoms with van der Waals surface area (Å²) in [5, 5.41) is 0. The van der Waals surface area contributed by atoms with Gasteiger partial charge in [0.2, 0.25) is 0 Å². The molecule has 0 saturated carbocycles. The molecule has 0 aliphatic carbocycles. The SMILES string of the molecule is Cc1nc2ccccc2nc1Cn1cc(C(F)(F)F)ccc1=O. The molecule has 0 fully saturated rings. The second-order valence-corrected chi connectivity index (χ2v) is 5.13. The molecule has 0 N–H and O–H groups in total. The Morgan fingerprint density at radius 1 is 1.04 bits per heavy atom. The van der Waals surface area contributed by atoms with Gasteiger partial charge in [-0.15, -0.1) is 0 Å². The number of aryl methyl sites for hydroxylation is 1. The number of halogens is 3. The highest BCUT2D eigenvalue weighted by Crippen LogP contribution is 2.28. The minimum Gasteiger partial charge on any atom is -0.309 e. The molecule has 0 amide bonds. The Hall–Kier alpha value is -2.70. The number of benzene rings is 1. The van der Waals surface area contributed by atoms with Gasteiger partial charge in [-0.3, -0.25) is 4.79 Å². The van der Waals surface area contributed by atoms with Crippen LogP contribution in [0.3, 0.4) is 0 Å². The summed E-state index contributed by atoms with van der Waals surface area (Å²) in [7, 11) is 0. The molecule has 23 heavy (non-hydrogen) atoms. The van der Waals surface area contributed by atoms with Gasteiger partial charge in [0.25, 0.3) is 5.56 Å². The molecule has 7 heteroatoms. The van der Waals surface area contributed by atoms with Crippen molar-refractivity contribution in [3.8, 4) is 0 Å². The van der Waals surface area contributed by atoms with E-state index in [1.807, 2.05) is 6.07 Å². The molecule has 1 aromatic carbocycles. The fourth-order valence-electron chi connectivity index (χ4n) is 2.26. The second kappa shape index (κ2) is 5.49. The maximum absolute atomic E-state index is 12.8. The number of rotatable bonds is 2. The number of aromatic nitrogens is 3. The van der Waals surface area contributed by atoms with Crippen molar-refractivity contribution in [2.75, 3.05) is 0 Å². The first kappa shape index (κ1) is 15.2. The first-order valence-electron chi connectivity index (χ1n) is 6.84. The van der Waals surface area contributed by atoms with Crippen molar-refractivity contribution in [1.29, 1.82) is 0 Å². The van der Waals surface area contributed by atoms with Gasteiger partial charge in [-0.2, -0.15) is 13.2 Å². The van der Waals surface area contributed by atoms with E-state index >= 15 is 0 Å². The van der Waals surface area contributed by atoms with Gasteiger partial charge >= 0.3 is 6.18 Å². The van der Waals surface area contributed by atoms with E-state index in [9.17, 15) is 18.0 Å². The third-order valence-corrected chi connectivity index (χ3v) is 3.47. The zero-order valence-electron chi connectivity index (χ0n) is 12.1. The topological polar surface area (TPSA) is 47.8 Å². The van der Waals surface area contributed by atoms with Crippen molar-refractivity contribution >= 4 is 11.0 Å². The summed E-state index contributed by atoms with van der Waals surface area (Å²) < 4.78 is 39.3. The van der Waals surface area contributed by atoms with Crippen LogP contribution in [0.15, 0.2) is 47.4 Å². The quantitative estimate of drug-likeness (QED) is 0.729. The second-order valence-electron chi connectivity index (χ2n) is 5.13. The molecule has 3 aromatic rings. The Labute approximate surface area is 129 Å². The van der Waals surface area contributed by atoms with Crippen molar-refractivity contribution in [3.05, 3.63) is 69.9 Å². The first-order chi connectivity index (χ1) is 10.8. The average molecular weight is 319 g/mol. The Balaban J connectivity index is 2.05. The molecule has 3 rings (SSSR count). The number of para-hydroxylation sites is 2. The standard InChI is InChI=1S/C16H12F3N3O/c1-10-14(21-13-5-3-2-4-12(13)20-10)9-22-8-11(16(17,18)19)6-7-15(22)23/h2-8H,9H2,1H3. The highest BCUT2D eigenvalue weighted by molar-refractivity contribution is 5.74. The lowest BCUT2D eigenvalue weighted by molar-refractivity contribution is -0.138. The van der Waals surface area contributed by atoms with Crippen LogP contribution in [0.25, 0.3) is 11.0 Å². The fraction of sp³-hybridized carbons (Fsp3) is 0.188. The van der Waals surface area contributed by atoms with Gasteiger partial charge in [0.05, 0.1) is 34.5 Å². The third-order valence-electron chi connectivity index (χ3n) is 3.47. The fourth-order valence-corrected chi connectivity index (χ4v) is 2.26. The maximum atomic E-state index is 12.8. The summed E-state index contributed by atoms with van der Waals surface area (Å²) in [5.74, 6) is 0. The highest BCUT2D eigenvalue weighted by atomic mass is 19.4. The van der Waals surface area contributed by atoms with E-state index in [0.717, 1.165) is 22.9 Å². The van der Waals surface area contributed by atoms with Crippen LogP contribution in [0, 0.1) is 6.92 Å². The molecule has 0 radical (unpaired) electrons. The van der Waals surface area contributed by atoms with Gasteiger partial charge in [-0.05, 0) is 25.1 Å². The van der Waals surface area contributed by atoms with Crippen LogP contribution >= 0.6 is 0 Å². The Morgan fingerprint density at radius 2 is 1.70 bits per heavy atom. The molecular weight excluding hydrogens is 307 g/mol. The minimum absolute atomic E-state index is 0.0631. The zero-order valence-corrected chi connectivity index (χ0v) is 12.1. The predicted octanol–water partition coefficient (Wildman–Crippen LogP) is 3.17. The normalized spacial score (nSPS) is 11.8. The molecule has 0 aliphatic rings. The van der Waals surface area contributed by atoms with Crippen LogP contribution in [0.5, 0.6) is 0 Å². The lowest BCUT2D eigenvalue weighted by Gasteiger charge is -2.12. The summed E-state index contributed by atoms with van der Waals surface area (Å²) in [6.45, 7) is 1.65. The van der Waals surface area contributed by atoms with Crippen LogP contribution in [-0.4, -0.2) is 14.5 Å². The molecule has 4 nitrogen and oxygen atoms in total. The molecule has 0 spiro atoms. The van der Waals surface area contributed by atoms with E-state index in [1.165, 1.54) is 0 Å². The van der Waals surface area contributed by atoms with Gasteiger partial charge in [0.1, 0.15) is 0 Å². The van der Waals surface area contributed by atoms with Crippen LogP contribution in [-0.2, 0) is 12.7 Å². The van der Waals surface area contributed by atoms with Crippen molar-refractivity contribution < 1.29 is 13.2 Å². The smallest absolute Gasteiger partial charge is 0.309 e. The lowest BCUT2D eigenvalue weighted by atomic mass is 10.2. The van der Waals surface area contributed by atoms with Crippen molar-refractivity contribution in [3.63, 3.8) is 0 Å². The number of hydrogen-bond acceptors (Lipinski definition) is 3.